The van der Waals surface area contributed by atoms with Gasteiger partial charge in [0.1, 0.15) is 0 Å². The molecule has 1 aromatic carbocycles. The standard InChI is InChI=1S/C15H20O2/c1-10-4-3-5-12(8-10)14-9-11(2)6-7-13(14)15(16)17/h3-5,8,11,13-14H,6-7,9H2,1-2H3,(H,16,17). The first-order valence-electron chi connectivity index (χ1n) is 6.37. The van der Waals surface area contributed by atoms with E-state index in [0.717, 1.165) is 19.3 Å². The van der Waals surface area contributed by atoms with Gasteiger partial charge in [0.2, 0.25) is 0 Å². The van der Waals surface area contributed by atoms with Gasteiger partial charge in [-0.3, -0.25) is 4.79 Å². The van der Waals surface area contributed by atoms with Gasteiger partial charge in [-0.05, 0) is 43.6 Å². The molecule has 92 valence electrons. The molecule has 17 heavy (non-hydrogen) atoms. The third-order valence-corrected chi connectivity index (χ3v) is 3.90. The van der Waals surface area contributed by atoms with Crippen LogP contribution in [0.3, 0.4) is 0 Å². The highest BCUT2D eigenvalue weighted by Gasteiger charge is 2.34. The Balaban J connectivity index is 2.28. The van der Waals surface area contributed by atoms with Crippen molar-refractivity contribution >= 4 is 5.97 Å². The summed E-state index contributed by atoms with van der Waals surface area (Å²) in [5, 5.41) is 9.33. The SMILES string of the molecule is Cc1cccc(C2CC(C)CCC2C(=O)O)c1. The van der Waals surface area contributed by atoms with Crippen LogP contribution in [-0.2, 0) is 4.79 Å². The van der Waals surface area contributed by atoms with Gasteiger partial charge in [0, 0.05) is 0 Å². The maximum absolute atomic E-state index is 11.3. The third-order valence-electron chi connectivity index (χ3n) is 3.90. The number of aliphatic carboxylic acids is 1. The second kappa shape index (κ2) is 4.91. The molecule has 1 aromatic rings. The molecular weight excluding hydrogens is 212 g/mol. The fourth-order valence-corrected chi connectivity index (χ4v) is 2.95. The summed E-state index contributed by atoms with van der Waals surface area (Å²) in [4.78, 5) is 11.3. The first kappa shape index (κ1) is 12.2. The van der Waals surface area contributed by atoms with Crippen LogP contribution >= 0.6 is 0 Å². The van der Waals surface area contributed by atoms with Crippen molar-refractivity contribution in [3.8, 4) is 0 Å². The molecule has 0 aliphatic heterocycles. The molecule has 1 N–H and O–H groups in total. The predicted molar refractivity (Wildman–Crippen MR) is 68.1 cm³/mol. The number of benzene rings is 1. The highest BCUT2D eigenvalue weighted by atomic mass is 16.4. The van der Waals surface area contributed by atoms with Crippen molar-refractivity contribution in [2.24, 2.45) is 11.8 Å². The zero-order valence-electron chi connectivity index (χ0n) is 10.5. The first-order valence-corrected chi connectivity index (χ1v) is 6.37. The Morgan fingerprint density at radius 3 is 2.76 bits per heavy atom. The Morgan fingerprint density at radius 2 is 2.12 bits per heavy atom. The van der Waals surface area contributed by atoms with Crippen molar-refractivity contribution in [2.45, 2.75) is 39.0 Å². The average Bonchev–Trinajstić information content (AvgIpc) is 2.28. The van der Waals surface area contributed by atoms with Gasteiger partial charge in [0.15, 0.2) is 0 Å². The van der Waals surface area contributed by atoms with Gasteiger partial charge in [0.05, 0.1) is 5.92 Å². The lowest BCUT2D eigenvalue weighted by Crippen LogP contribution is -2.28. The van der Waals surface area contributed by atoms with E-state index in [2.05, 4.69) is 32.0 Å². The molecule has 1 saturated carbocycles. The van der Waals surface area contributed by atoms with Crippen LogP contribution in [0.25, 0.3) is 0 Å². The van der Waals surface area contributed by atoms with E-state index in [4.69, 9.17) is 0 Å². The molecule has 1 aliphatic carbocycles. The topological polar surface area (TPSA) is 37.3 Å². The number of carboxylic acids is 1. The number of aryl methyl sites for hydroxylation is 1. The predicted octanol–water partition coefficient (Wildman–Crippen LogP) is 3.60. The maximum atomic E-state index is 11.3. The molecule has 1 aliphatic rings. The molecular formula is C15H20O2. The molecule has 2 nitrogen and oxygen atoms in total. The molecule has 3 unspecified atom stereocenters. The number of carboxylic acid groups (broad SMARTS) is 1. The van der Waals surface area contributed by atoms with Crippen LogP contribution in [0.15, 0.2) is 24.3 Å². The quantitative estimate of drug-likeness (QED) is 0.846. The molecule has 2 rings (SSSR count). The van der Waals surface area contributed by atoms with Gasteiger partial charge in [0.25, 0.3) is 0 Å². The monoisotopic (exact) mass is 232 g/mol. The number of hydrogen-bond acceptors (Lipinski definition) is 1. The molecule has 2 heteroatoms. The van der Waals surface area contributed by atoms with Gasteiger partial charge in [-0.25, -0.2) is 0 Å². The molecule has 0 amide bonds. The van der Waals surface area contributed by atoms with E-state index in [0.29, 0.717) is 5.92 Å². The smallest absolute Gasteiger partial charge is 0.307 e. The van der Waals surface area contributed by atoms with E-state index >= 15 is 0 Å². The lowest BCUT2D eigenvalue weighted by Gasteiger charge is -2.32. The van der Waals surface area contributed by atoms with Crippen LogP contribution in [0.2, 0.25) is 0 Å². The van der Waals surface area contributed by atoms with Gasteiger partial charge in [-0.1, -0.05) is 36.8 Å². The Kier molecular flexibility index (Phi) is 3.51. The first-order chi connectivity index (χ1) is 8.08. The van der Waals surface area contributed by atoms with Crippen molar-refractivity contribution in [1.82, 2.24) is 0 Å². The Morgan fingerprint density at radius 1 is 1.35 bits per heavy atom. The minimum atomic E-state index is -0.636. The van der Waals surface area contributed by atoms with Crippen LogP contribution < -0.4 is 0 Å². The summed E-state index contributed by atoms with van der Waals surface area (Å²) in [6.07, 6.45) is 2.86. The summed E-state index contributed by atoms with van der Waals surface area (Å²) in [7, 11) is 0. The second-order valence-corrected chi connectivity index (χ2v) is 5.38. The Hall–Kier alpha value is -1.31. The van der Waals surface area contributed by atoms with Crippen LogP contribution in [0.5, 0.6) is 0 Å². The van der Waals surface area contributed by atoms with E-state index in [1.165, 1.54) is 11.1 Å². The lowest BCUT2D eigenvalue weighted by atomic mass is 9.71. The molecule has 0 spiro atoms. The average molecular weight is 232 g/mol. The third kappa shape index (κ3) is 2.68. The van der Waals surface area contributed by atoms with E-state index in [1.54, 1.807) is 0 Å². The van der Waals surface area contributed by atoms with Crippen LogP contribution in [0.4, 0.5) is 0 Å². The van der Waals surface area contributed by atoms with Crippen molar-refractivity contribution in [3.63, 3.8) is 0 Å². The number of hydrogen-bond donors (Lipinski definition) is 1. The highest BCUT2D eigenvalue weighted by Crippen LogP contribution is 2.40. The van der Waals surface area contributed by atoms with Crippen molar-refractivity contribution in [3.05, 3.63) is 35.4 Å². The molecule has 0 bridgehead atoms. The minimum Gasteiger partial charge on any atom is -0.481 e. The van der Waals surface area contributed by atoms with Crippen LogP contribution in [0.1, 0.15) is 43.2 Å². The van der Waals surface area contributed by atoms with E-state index in [-0.39, 0.29) is 11.8 Å². The zero-order chi connectivity index (χ0) is 12.4. The van der Waals surface area contributed by atoms with Gasteiger partial charge < -0.3 is 5.11 Å². The molecule has 3 atom stereocenters. The molecule has 0 radical (unpaired) electrons. The Bertz CT molecular complexity index is 411. The summed E-state index contributed by atoms with van der Waals surface area (Å²) in [6.45, 7) is 4.28. The van der Waals surface area contributed by atoms with E-state index < -0.39 is 5.97 Å². The maximum Gasteiger partial charge on any atom is 0.307 e. The normalized spacial score (nSPS) is 28.9. The van der Waals surface area contributed by atoms with E-state index in [1.807, 2.05) is 6.07 Å². The zero-order valence-corrected chi connectivity index (χ0v) is 10.5. The number of carbonyl (C=O) groups is 1. The highest BCUT2D eigenvalue weighted by molar-refractivity contribution is 5.71. The lowest BCUT2D eigenvalue weighted by molar-refractivity contribution is -0.143. The van der Waals surface area contributed by atoms with E-state index in [9.17, 15) is 9.90 Å². The van der Waals surface area contributed by atoms with Gasteiger partial charge >= 0.3 is 5.97 Å². The van der Waals surface area contributed by atoms with Gasteiger partial charge in [-0.2, -0.15) is 0 Å². The Labute approximate surface area is 103 Å². The second-order valence-electron chi connectivity index (χ2n) is 5.38. The minimum absolute atomic E-state index is 0.191. The van der Waals surface area contributed by atoms with Gasteiger partial charge in [-0.15, -0.1) is 0 Å². The molecule has 1 fully saturated rings. The number of rotatable bonds is 2. The van der Waals surface area contributed by atoms with Crippen LogP contribution in [-0.4, -0.2) is 11.1 Å². The fourth-order valence-electron chi connectivity index (χ4n) is 2.95. The summed E-state index contributed by atoms with van der Waals surface area (Å²) < 4.78 is 0. The molecule has 0 aromatic heterocycles. The largest absolute Gasteiger partial charge is 0.481 e. The molecule has 0 heterocycles. The van der Waals surface area contributed by atoms with Crippen molar-refractivity contribution in [1.29, 1.82) is 0 Å². The van der Waals surface area contributed by atoms with Crippen molar-refractivity contribution in [2.75, 3.05) is 0 Å². The summed E-state index contributed by atoms with van der Waals surface area (Å²) in [5.41, 5.74) is 2.41. The summed E-state index contributed by atoms with van der Waals surface area (Å²) in [5.74, 6) is -0.0105. The fraction of sp³-hybridized carbons (Fsp3) is 0.533. The summed E-state index contributed by atoms with van der Waals surface area (Å²) >= 11 is 0. The molecule has 0 saturated heterocycles. The summed E-state index contributed by atoms with van der Waals surface area (Å²) in [6, 6.07) is 8.30. The van der Waals surface area contributed by atoms with Crippen molar-refractivity contribution < 1.29 is 9.90 Å². The van der Waals surface area contributed by atoms with Crippen LogP contribution in [0, 0.1) is 18.8 Å².